The minimum Gasteiger partial charge on any atom is -0.383 e. The molecule has 17 heavy (non-hydrogen) atoms. The zero-order chi connectivity index (χ0) is 12.6. The Bertz CT molecular complexity index is 551. The second kappa shape index (κ2) is 4.86. The maximum atomic E-state index is 6.18. The highest BCUT2D eigenvalue weighted by Crippen LogP contribution is 2.29. The van der Waals surface area contributed by atoms with Crippen molar-refractivity contribution in [3.63, 3.8) is 0 Å². The molecule has 1 unspecified atom stereocenters. The predicted octanol–water partition coefficient (Wildman–Crippen LogP) is 3.64. The van der Waals surface area contributed by atoms with E-state index in [1.807, 2.05) is 42.8 Å². The Balaban J connectivity index is 2.48. The largest absolute Gasteiger partial charge is 0.383 e. The third-order valence-electron chi connectivity index (χ3n) is 2.77. The van der Waals surface area contributed by atoms with E-state index in [4.69, 9.17) is 17.3 Å². The third-order valence-corrected chi connectivity index (χ3v) is 4.45. The van der Waals surface area contributed by atoms with Gasteiger partial charge >= 0.3 is 0 Å². The zero-order valence-electron chi connectivity index (χ0n) is 9.61. The summed E-state index contributed by atoms with van der Waals surface area (Å²) >= 11 is 8.39. The highest BCUT2D eigenvalue weighted by atomic mass is 127. The first kappa shape index (κ1) is 12.7. The van der Waals surface area contributed by atoms with Crippen LogP contribution in [0.5, 0.6) is 0 Å². The van der Waals surface area contributed by atoms with Gasteiger partial charge in [-0.1, -0.05) is 29.8 Å². The number of hydrogen-bond acceptors (Lipinski definition) is 2. The number of benzene rings is 1. The lowest BCUT2D eigenvalue weighted by Crippen LogP contribution is -2.12. The van der Waals surface area contributed by atoms with Gasteiger partial charge in [0.2, 0.25) is 0 Å². The third kappa shape index (κ3) is 2.28. The first-order valence-electron chi connectivity index (χ1n) is 5.27. The number of rotatable bonds is 2. The quantitative estimate of drug-likeness (QED) is 0.830. The van der Waals surface area contributed by atoms with Gasteiger partial charge in [0.15, 0.2) is 0 Å². The molecule has 0 saturated heterocycles. The molecule has 0 amide bonds. The number of aromatic nitrogens is 2. The summed E-state index contributed by atoms with van der Waals surface area (Å²) < 4.78 is 2.82. The molecule has 0 aliphatic rings. The SMILES string of the molecule is Cc1nn(C(C)c2ccccc2Cl)c(N)c1I. The lowest BCUT2D eigenvalue weighted by Gasteiger charge is -2.15. The van der Waals surface area contributed by atoms with Crippen molar-refractivity contribution in [2.24, 2.45) is 0 Å². The van der Waals surface area contributed by atoms with Crippen LogP contribution in [0.2, 0.25) is 5.02 Å². The number of halogens is 2. The van der Waals surface area contributed by atoms with Crippen molar-refractivity contribution in [1.29, 1.82) is 0 Å². The fourth-order valence-corrected chi connectivity index (χ4v) is 2.43. The summed E-state index contributed by atoms with van der Waals surface area (Å²) in [5.74, 6) is 0.690. The van der Waals surface area contributed by atoms with E-state index in [0.29, 0.717) is 5.82 Å². The van der Waals surface area contributed by atoms with Crippen molar-refractivity contribution in [1.82, 2.24) is 9.78 Å². The fourth-order valence-electron chi connectivity index (χ4n) is 1.79. The second-order valence-electron chi connectivity index (χ2n) is 3.93. The Morgan fingerprint density at radius 1 is 1.41 bits per heavy atom. The molecule has 0 spiro atoms. The molecular formula is C12H13ClIN3. The molecule has 0 bridgehead atoms. The normalized spacial score (nSPS) is 12.7. The molecule has 2 N–H and O–H groups in total. The van der Waals surface area contributed by atoms with Crippen LogP contribution in [0.1, 0.15) is 24.2 Å². The maximum Gasteiger partial charge on any atom is 0.136 e. The van der Waals surface area contributed by atoms with Gasteiger partial charge in [-0.05, 0) is 48.1 Å². The lowest BCUT2D eigenvalue weighted by molar-refractivity contribution is 0.569. The lowest BCUT2D eigenvalue weighted by atomic mass is 10.1. The molecule has 0 aliphatic carbocycles. The molecule has 0 saturated carbocycles. The summed E-state index contributed by atoms with van der Waals surface area (Å²) in [6, 6.07) is 7.79. The van der Waals surface area contributed by atoms with Gasteiger partial charge in [0.05, 0.1) is 15.3 Å². The molecule has 90 valence electrons. The first-order valence-corrected chi connectivity index (χ1v) is 6.72. The van der Waals surface area contributed by atoms with Gasteiger partial charge in [-0.2, -0.15) is 5.10 Å². The summed E-state index contributed by atoms with van der Waals surface area (Å²) in [6.45, 7) is 3.99. The Labute approximate surface area is 119 Å². The van der Waals surface area contributed by atoms with Crippen molar-refractivity contribution in [3.05, 3.63) is 44.1 Å². The highest BCUT2D eigenvalue weighted by molar-refractivity contribution is 14.1. The number of hydrogen-bond donors (Lipinski definition) is 1. The molecule has 0 fully saturated rings. The average Bonchev–Trinajstić information content (AvgIpc) is 2.57. The van der Waals surface area contributed by atoms with Crippen LogP contribution in [0, 0.1) is 10.5 Å². The van der Waals surface area contributed by atoms with Crippen molar-refractivity contribution < 1.29 is 0 Å². The van der Waals surface area contributed by atoms with Crippen LogP contribution >= 0.6 is 34.2 Å². The summed E-state index contributed by atoms with van der Waals surface area (Å²) in [7, 11) is 0. The van der Waals surface area contributed by atoms with E-state index in [1.165, 1.54) is 0 Å². The zero-order valence-corrected chi connectivity index (χ0v) is 12.5. The summed E-state index contributed by atoms with van der Waals surface area (Å²) in [5.41, 5.74) is 8.02. The van der Waals surface area contributed by atoms with Gasteiger partial charge in [0.1, 0.15) is 5.82 Å². The number of anilines is 1. The van der Waals surface area contributed by atoms with Crippen LogP contribution in [0.3, 0.4) is 0 Å². The monoisotopic (exact) mass is 361 g/mol. The Kier molecular flexibility index (Phi) is 3.63. The Morgan fingerprint density at radius 3 is 2.59 bits per heavy atom. The van der Waals surface area contributed by atoms with Crippen LogP contribution in [0.4, 0.5) is 5.82 Å². The van der Waals surface area contributed by atoms with Crippen LogP contribution < -0.4 is 5.73 Å². The molecule has 1 atom stereocenters. The standard InChI is InChI=1S/C12H13ClIN3/c1-7-11(14)12(15)17(16-7)8(2)9-5-3-4-6-10(9)13/h3-6,8H,15H2,1-2H3. The second-order valence-corrected chi connectivity index (χ2v) is 5.41. The summed E-state index contributed by atoms with van der Waals surface area (Å²) in [4.78, 5) is 0. The van der Waals surface area contributed by atoms with Gasteiger partial charge in [0, 0.05) is 5.02 Å². The van der Waals surface area contributed by atoms with Crippen molar-refractivity contribution in [2.75, 3.05) is 5.73 Å². The minimum atomic E-state index is 0.0333. The highest BCUT2D eigenvalue weighted by Gasteiger charge is 2.17. The van der Waals surface area contributed by atoms with E-state index >= 15 is 0 Å². The van der Waals surface area contributed by atoms with Crippen LogP contribution in [-0.4, -0.2) is 9.78 Å². The molecule has 1 heterocycles. The van der Waals surface area contributed by atoms with E-state index in [0.717, 1.165) is 19.9 Å². The molecular weight excluding hydrogens is 349 g/mol. The molecule has 0 aliphatic heterocycles. The van der Waals surface area contributed by atoms with Crippen molar-refractivity contribution >= 4 is 40.0 Å². The van der Waals surface area contributed by atoms with E-state index < -0.39 is 0 Å². The Hall–Kier alpha value is -0.750. The van der Waals surface area contributed by atoms with Gasteiger partial charge in [-0.15, -0.1) is 0 Å². The fraction of sp³-hybridized carbons (Fsp3) is 0.250. The summed E-state index contributed by atoms with van der Waals surface area (Å²) in [6.07, 6.45) is 0. The predicted molar refractivity (Wildman–Crippen MR) is 79.4 cm³/mol. The smallest absolute Gasteiger partial charge is 0.136 e. The van der Waals surface area contributed by atoms with Gasteiger partial charge in [-0.3, -0.25) is 0 Å². The average molecular weight is 362 g/mol. The minimum absolute atomic E-state index is 0.0333. The van der Waals surface area contributed by atoms with Gasteiger partial charge in [0.25, 0.3) is 0 Å². The molecule has 1 aromatic carbocycles. The summed E-state index contributed by atoms with van der Waals surface area (Å²) in [5, 5.41) is 5.19. The number of nitrogen functional groups attached to an aromatic ring is 1. The van der Waals surface area contributed by atoms with Crippen molar-refractivity contribution in [2.45, 2.75) is 19.9 Å². The maximum absolute atomic E-state index is 6.18. The van der Waals surface area contributed by atoms with Crippen LogP contribution in [0.15, 0.2) is 24.3 Å². The molecule has 0 radical (unpaired) electrons. The first-order chi connectivity index (χ1) is 8.02. The molecule has 5 heteroatoms. The number of nitrogens with two attached hydrogens (primary N) is 1. The topological polar surface area (TPSA) is 43.8 Å². The molecule has 2 rings (SSSR count). The Morgan fingerprint density at radius 2 is 2.06 bits per heavy atom. The van der Waals surface area contributed by atoms with Gasteiger partial charge < -0.3 is 5.73 Å². The van der Waals surface area contributed by atoms with Crippen molar-refractivity contribution in [3.8, 4) is 0 Å². The van der Waals surface area contributed by atoms with E-state index in [1.54, 1.807) is 0 Å². The van der Waals surface area contributed by atoms with E-state index in [9.17, 15) is 0 Å². The number of nitrogens with zero attached hydrogens (tertiary/aromatic N) is 2. The molecule has 2 aromatic rings. The van der Waals surface area contributed by atoms with Gasteiger partial charge in [-0.25, -0.2) is 4.68 Å². The molecule has 3 nitrogen and oxygen atoms in total. The van der Waals surface area contributed by atoms with E-state index in [-0.39, 0.29) is 6.04 Å². The molecule has 1 aromatic heterocycles. The van der Waals surface area contributed by atoms with Crippen LogP contribution in [0.25, 0.3) is 0 Å². The van der Waals surface area contributed by atoms with Crippen LogP contribution in [-0.2, 0) is 0 Å². The number of aryl methyl sites for hydroxylation is 1. The van der Waals surface area contributed by atoms with E-state index in [2.05, 4.69) is 27.7 Å².